The first-order valence-corrected chi connectivity index (χ1v) is 6.60. The molecule has 0 aliphatic carbocycles. The number of rotatable bonds is 6. The van der Waals surface area contributed by atoms with Crippen LogP contribution in [0.25, 0.3) is 0 Å². The van der Waals surface area contributed by atoms with Gasteiger partial charge in [0.2, 0.25) is 0 Å². The molecule has 0 aliphatic rings. The van der Waals surface area contributed by atoms with Gasteiger partial charge in [-0.1, -0.05) is 18.2 Å². The molecule has 96 valence electrons. The van der Waals surface area contributed by atoms with Crippen LogP contribution < -0.4 is 4.74 Å². The van der Waals surface area contributed by atoms with E-state index in [4.69, 9.17) is 16.3 Å². The minimum atomic E-state index is 0.520. The molecule has 0 N–H and O–H groups in total. The largest absolute Gasteiger partial charge is 0.494 e. The van der Waals surface area contributed by atoms with Crippen LogP contribution in [0.15, 0.2) is 36.5 Å². The summed E-state index contributed by atoms with van der Waals surface area (Å²) in [4.78, 5) is 0. The minimum absolute atomic E-state index is 0.520. The summed E-state index contributed by atoms with van der Waals surface area (Å²) in [5.41, 5.74) is 2.24. The third kappa shape index (κ3) is 3.26. The summed E-state index contributed by atoms with van der Waals surface area (Å²) < 4.78 is 7.61. The zero-order valence-corrected chi connectivity index (χ0v) is 11.2. The Balaban J connectivity index is 1.77. The number of hydrogen-bond acceptors (Lipinski definition) is 2. The fourth-order valence-corrected chi connectivity index (χ4v) is 2.03. The predicted molar refractivity (Wildman–Crippen MR) is 73.1 cm³/mol. The molecule has 0 unspecified atom stereocenters. The molecule has 18 heavy (non-hydrogen) atoms. The quantitative estimate of drug-likeness (QED) is 0.591. The third-order valence-electron chi connectivity index (χ3n) is 2.88. The zero-order chi connectivity index (χ0) is 12.8. The Morgan fingerprint density at radius 3 is 2.72 bits per heavy atom. The summed E-state index contributed by atoms with van der Waals surface area (Å²) >= 11 is 5.81. The lowest BCUT2D eigenvalue weighted by molar-refractivity contribution is 0.298. The molecule has 1 aromatic heterocycles. The van der Waals surface area contributed by atoms with Crippen LogP contribution in [-0.4, -0.2) is 16.4 Å². The molecule has 0 fully saturated rings. The summed E-state index contributed by atoms with van der Waals surface area (Å²) in [5.74, 6) is 1.43. The van der Waals surface area contributed by atoms with Crippen molar-refractivity contribution in [3.63, 3.8) is 0 Å². The molecule has 0 saturated heterocycles. The van der Waals surface area contributed by atoms with Crippen molar-refractivity contribution in [1.82, 2.24) is 9.78 Å². The highest BCUT2D eigenvalue weighted by atomic mass is 35.5. The first kappa shape index (κ1) is 13.0. The van der Waals surface area contributed by atoms with Gasteiger partial charge in [-0.2, -0.15) is 5.10 Å². The Hall–Kier alpha value is -1.48. The summed E-state index contributed by atoms with van der Waals surface area (Å²) in [5, 5.41) is 4.31. The van der Waals surface area contributed by atoms with Gasteiger partial charge in [0.1, 0.15) is 5.75 Å². The second-order valence-corrected chi connectivity index (χ2v) is 4.39. The van der Waals surface area contributed by atoms with Crippen molar-refractivity contribution in [3.05, 3.63) is 47.8 Å². The van der Waals surface area contributed by atoms with Crippen molar-refractivity contribution >= 4 is 11.6 Å². The van der Waals surface area contributed by atoms with E-state index in [2.05, 4.69) is 5.10 Å². The third-order valence-corrected chi connectivity index (χ3v) is 3.16. The highest BCUT2D eigenvalue weighted by Crippen LogP contribution is 2.11. The molecule has 3 nitrogen and oxygen atoms in total. The van der Waals surface area contributed by atoms with Crippen molar-refractivity contribution in [2.75, 3.05) is 6.61 Å². The fourth-order valence-electron chi connectivity index (χ4n) is 1.76. The van der Waals surface area contributed by atoms with Crippen LogP contribution >= 0.6 is 11.6 Å². The maximum Gasteiger partial charge on any atom is 0.119 e. The van der Waals surface area contributed by atoms with Crippen LogP contribution in [0.4, 0.5) is 0 Å². The molecule has 0 radical (unpaired) electrons. The van der Waals surface area contributed by atoms with E-state index in [1.54, 1.807) is 0 Å². The van der Waals surface area contributed by atoms with Crippen molar-refractivity contribution in [2.24, 2.45) is 0 Å². The Morgan fingerprint density at radius 2 is 2.06 bits per heavy atom. The maximum absolute atomic E-state index is 5.81. The summed E-state index contributed by atoms with van der Waals surface area (Å²) in [6, 6.07) is 9.85. The van der Waals surface area contributed by atoms with Crippen LogP contribution in [0.3, 0.4) is 0 Å². The van der Waals surface area contributed by atoms with Crippen LogP contribution in [-0.2, 0) is 12.4 Å². The van der Waals surface area contributed by atoms with Crippen LogP contribution in [0, 0.1) is 6.92 Å². The topological polar surface area (TPSA) is 27.1 Å². The van der Waals surface area contributed by atoms with E-state index in [1.165, 1.54) is 0 Å². The van der Waals surface area contributed by atoms with Gasteiger partial charge in [0.15, 0.2) is 0 Å². The summed E-state index contributed by atoms with van der Waals surface area (Å²) in [7, 11) is 0. The van der Waals surface area contributed by atoms with Crippen LogP contribution in [0.5, 0.6) is 5.75 Å². The summed E-state index contributed by atoms with van der Waals surface area (Å²) in [6.07, 6.45) is 2.76. The molecule has 2 aromatic rings. The number of halogens is 1. The second kappa shape index (κ2) is 6.45. The number of para-hydroxylation sites is 1. The minimum Gasteiger partial charge on any atom is -0.494 e. The highest BCUT2D eigenvalue weighted by Gasteiger charge is 2.04. The van der Waals surface area contributed by atoms with Gasteiger partial charge in [0.25, 0.3) is 0 Å². The average molecular weight is 265 g/mol. The lowest BCUT2D eigenvalue weighted by Gasteiger charge is -2.07. The smallest absolute Gasteiger partial charge is 0.119 e. The number of benzene rings is 1. The normalized spacial score (nSPS) is 10.6. The zero-order valence-electron chi connectivity index (χ0n) is 10.5. The molecule has 0 atom stereocenters. The molecular formula is C14H17ClN2O. The van der Waals surface area contributed by atoms with E-state index >= 15 is 0 Å². The molecule has 4 heteroatoms. The average Bonchev–Trinajstić information content (AvgIpc) is 2.77. The van der Waals surface area contributed by atoms with Gasteiger partial charge in [-0.05, 0) is 19.1 Å². The van der Waals surface area contributed by atoms with Crippen molar-refractivity contribution in [3.8, 4) is 5.75 Å². The number of ether oxygens (including phenoxy) is 1. The number of aryl methyl sites for hydroxylation is 1. The predicted octanol–water partition coefficient (Wildman–Crippen LogP) is 3.40. The van der Waals surface area contributed by atoms with E-state index in [9.17, 15) is 0 Å². The van der Waals surface area contributed by atoms with Gasteiger partial charge in [-0.15, -0.1) is 11.6 Å². The Kier molecular flexibility index (Phi) is 4.65. The van der Waals surface area contributed by atoms with Gasteiger partial charge >= 0.3 is 0 Å². The van der Waals surface area contributed by atoms with Crippen molar-refractivity contribution < 1.29 is 4.74 Å². The standard InChI is InChI=1S/C14H17ClN2O/c1-12-13(10-15)11-16-17(12)8-5-9-18-14-6-3-2-4-7-14/h2-4,6-7,11H,5,8-10H2,1H3. The molecule has 2 rings (SSSR count). The molecule has 0 saturated carbocycles. The van der Waals surface area contributed by atoms with Gasteiger partial charge < -0.3 is 4.74 Å². The number of nitrogens with zero attached hydrogens (tertiary/aromatic N) is 2. The molecule has 1 heterocycles. The number of aromatic nitrogens is 2. The monoisotopic (exact) mass is 264 g/mol. The van der Waals surface area contributed by atoms with Gasteiger partial charge in [-0.25, -0.2) is 0 Å². The van der Waals surface area contributed by atoms with E-state index < -0.39 is 0 Å². The lowest BCUT2D eigenvalue weighted by atomic mass is 10.3. The van der Waals surface area contributed by atoms with Crippen LogP contribution in [0.2, 0.25) is 0 Å². The molecule has 0 aliphatic heterocycles. The van der Waals surface area contributed by atoms with E-state index in [0.717, 1.165) is 30.0 Å². The van der Waals surface area contributed by atoms with Crippen molar-refractivity contribution in [2.45, 2.75) is 25.8 Å². The van der Waals surface area contributed by atoms with Crippen LogP contribution in [0.1, 0.15) is 17.7 Å². The molecule has 1 aromatic carbocycles. The van der Waals surface area contributed by atoms with Gasteiger partial charge in [-0.3, -0.25) is 4.68 Å². The van der Waals surface area contributed by atoms with E-state index in [1.807, 2.05) is 48.1 Å². The van der Waals surface area contributed by atoms with Gasteiger partial charge in [0, 0.05) is 24.2 Å². The maximum atomic E-state index is 5.81. The highest BCUT2D eigenvalue weighted by molar-refractivity contribution is 6.17. The Morgan fingerprint density at radius 1 is 1.28 bits per heavy atom. The fraction of sp³-hybridized carbons (Fsp3) is 0.357. The molecule has 0 spiro atoms. The first-order chi connectivity index (χ1) is 8.81. The molecule has 0 amide bonds. The Bertz CT molecular complexity index is 482. The number of alkyl halides is 1. The van der Waals surface area contributed by atoms with Gasteiger partial charge in [0.05, 0.1) is 18.7 Å². The molecular weight excluding hydrogens is 248 g/mol. The van der Waals surface area contributed by atoms with E-state index in [-0.39, 0.29) is 0 Å². The molecule has 0 bridgehead atoms. The Labute approximate surface area is 112 Å². The first-order valence-electron chi connectivity index (χ1n) is 6.06. The van der Waals surface area contributed by atoms with E-state index in [0.29, 0.717) is 12.5 Å². The number of hydrogen-bond donors (Lipinski definition) is 0. The summed E-state index contributed by atoms with van der Waals surface area (Å²) in [6.45, 7) is 3.60. The van der Waals surface area contributed by atoms with Crippen molar-refractivity contribution in [1.29, 1.82) is 0 Å². The SMILES string of the molecule is Cc1c(CCl)cnn1CCCOc1ccccc1. The lowest BCUT2D eigenvalue weighted by Crippen LogP contribution is -2.07. The second-order valence-electron chi connectivity index (χ2n) is 4.13.